The number of aliphatic hydroxyl groups is 1. The predicted molar refractivity (Wildman–Crippen MR) is 83.0 cm³/mol. The summed E-state index contributed by atoms with van der Waals surface area (Å²) in [5.41, 5.74) is 2.21. The molecule has 1 unspecified atom stereocenters. The second-order valence-corrected chi connectivity index (χ2v) is 6.41. The largest absolute Gasteiger partial charge is 0.389 e. The van der Waals surface area contributed by atoms with Crippen LogP contribution in [0.4, 0.5) is 0 Å². The highest BCUT2D eigenvalue weighted by Gasteiger charge is 2.19. The average Bonchev–Trinajstić information content (AvgIpc) is 2.76. The molecule has 1 aromatic heterocycles. The van der Waals surface area contributed by atoms with Gasteiger partial charge < -0.3 is 15.2 Å². The molecule has 120 valence electrons. The number of aryl methyl sites for hydroxylation is 2. The fourth-order valence-electron chi connectivity index (χ4n) is 2.90. The van der Waals surface area contributed by atoms with Crippen molar-refractivity contribution in [2.45, 2.75) is 58.3 Å². The lowest BCUT2D eigenvalue weighted by atomic mass is 9.89. The van der Waals surface area contributed by atoms with Gasteiger partial charge in [-0.15, -0.1) is 0 Å². The van der Waals surface area contributed by atoms with E-state index in [9.17, 15) is 5.11 Å². The van der Waals surface area contributed by atoms with Crippen LogP contribution < -0.4 is 5.32 Å². The summed E-state index contributed by atoms with van der Waals surface area (Å²) in [7, 11) is 1.92. The Morgan fingerprint density at radius 2 is 2.14 bits per heavy atom. The van der Waals surface area contributed by atoms with Crippen LogP contribution in [0.5, 0.6) is 0 Å². The third kappa shape index (κ3) is 5.41. The molecule has 2 rings (SSSR count). The van der Waals surface area contributed by atoms with Gasteiger partial charge in [-0.25, -0.2) is 0 Å². The van der Waals surface area contributed by atoms with Crippen molar-refractivity contribution in [2.75, 3.05) is 13.2 Å². The van der Waals surface area contributed by atoms with Crippen molar-refractivity contribution in [3.05, 3.63) is 17.5 Å². The van der Waals surface area contributed by atoms with Gasteiger partial charge in [0, 0.05) is 31.9 Å². The number of aliphatic hydroxyl groups excluding tert-OH is 1. The standard InChI is InChI=1S/C16H29N3O2/c1-12-4-6-16(7-5-12)21-11-15(20)9-17-8-14-10-19(3)18-13(14)2/h10,12,15-17,20H,4-9,11H2,1-3H3. The van der Waals surface area contributed by atoms with Crippen molar-refractivity contribution >= 4 is 0 Å². The summed E-state index contributed by atoms with van der Waals surface area (Å²) < 4.78 is 7.63. The monoisotopic (exact) mass is 295 g/mol. The Bertz CT molecular complexity index is 425. The van der Waals surface area contributed by atoms with Gasteiger partial charge in [0.2, 0.25) is 0 Å². The van der Waals surface area contributed by atoms with E-state index in [4.69, 9.17) is 4.74 Å². The normalized spacial score (nSPS) is 24.2. The highest BCUT2D eigenvalue weighted by molar-refractivity contribution is 5.14. The Hall–Kier alpha value is -0.910. The third-order valence-corrected chi connectivity index (χ3v) is 4.30. The van der Waals surface area contributed by atoms with Gasteiger partial charge in [0.1, 0.15) is 0 Å². The molecule has 0 aliphatic heterocycles. The molecule has 1 saturated carbocycles. The van der Waals surface area contributed by atoms with Crippen LogP contribution in [0.1, 0.15) is 43.9 Å². The van der Waals surface area contributed by atoms with Crippen molar-refractivity contribution in [3.8, 4) is 0 Å². The number of hydrogen-bond acceptors (Lipinski definition) is 4. The minimum absolute atomic E-state index is 0.344. The van der Waals surface area contributed by atoms with Crippen molar-refractivity contribution in [1.29, 1.82) is 0 Å². The van der Waals surface area contributed by atoms with E-state index < -0.39 is 6.10 Å². The molecule has 1 aliphatic carbocycles. The maximum atomic E-state index is 9.98. The van der Waals surface area contributed by atoms with Gasteiger partial charge in [0.15, 0.2) is 0 Å². The molecule has 0 aromatic carbocycles. The second-order valence-electron chi connectivity index (χ2n) is 6.41. The first kappa shape index (κ1) is 16.5. The second kappa shape index (κ2) is 7.92. The fourth-order valence-corrected chi connectivity index (χ4v) is 2.90. The first-order valence-corrected chi connectivity index (χ1v) is 8.04. The lowest BCUT2D eigenvalue weighted by Gasteiger charge is -2.27. The fraction of sp³-hybridized carbons (Fsp3) is 0.812. The van der Waals surface area contributed by atoms with Crippen LogP contribution in [0.25, 0.3) is 0 Å². The van der Waals surface area contributed by atoms with E-state index in [-0.39, 0.29) is 0 Å². The Kier molecular flexibility index (Phi) is 6.21. The van der Waals surface area contributed by atoms with Gasteiger partial charge in [-0.2, -0.15) is 5.10 Å². The van der Waals surface area contributed by atoms with Crippen LogP contribution in [0.3, 0.4) is 0 Å². The van der Waals surface area contributed by atoms with Crippen molar-refractivity contribution < 1.29 is 9.84 Å². The minimum atomic E-state index is -0.443. The number of ether oxygens (including phenoxy) is 1. The van der Waals surface area contributed by atoms with Gasteiger partial charge in [-0.05, 0) is 38.5 Å². The molecule has 1 aliphatic rings. The van der Waals surface area contributed by atoms with Gasteiger partial charge in [-0.3, -0.25) is 4.68 Å². The molecule has 5 nitrogen and oxygen atoms in total. The lowest BCUT2D eigenvalue weighted by molar-refractivity contribution is -0.0278. The Morgan fingerprint density at radius 1 is 1.43 bits per heavy atom. The number of nitrogens with zero attached hydrogens (tertiary/aromatic N) is 2. The molecule has 0 amide bonds. The smallest absolute Gasteiger partial charge is 0.0897 e. The molecule has 1 atom stereocenters. The molecule has 1 heterocycles. The summed E-state index contributed by atoms with van der Waals surface area (Å²) in [4.78, 5) is 0. The zero-order valence-electron chi connectivity index (χ0n) is 13.5. The van der Waals surface area contributed by atoms with Crippen LogP contribution in [0, 0.1) is 12.8 Å². The van der Waals surface area contributed by atoms with Crippen LogP contribution >= 0.6 is 0 Å². The molecular weight excluding hydrogens is 266 g/mol. The molecular formula is C16H29N3O2. The third-order valence-electron chi connectivity index (χ3n) is 4.30. The molecule has 0 spiro atoms. The van der Waals surface area contributed by atoms with E-state index >= 15 is 0 Å². The Morgan fingerprint density at radius 3 is 2.76 bits per heavy atom. The summed E-state index contributed by atoms with van der Waals surface area (Å²) in [6.45, 7) is 6.02. The topological polar surface area (TPSA) is 59.3 Å². The van der Waals surface area contributed by atoms with E-state index in [2.05, 4.69) is 17.3 Å². The van der Waals surface area contributed by atoms with Gasteiger partial charge in [0.25, 0.3) is 0 Å². The maximum absolute atomic E-state index is 9.98. The number of aromatic nitrogens is 2. The molecule has 1 fully saturated rings. The van der Waals surface area contributed by atoms with Crippen LogP contribution in [-0.4, -0.2) is 40.2 Å². The molecule has 2 N–H and O–H groups in total. The highest BCUT2D eigenvalue weighted by atomic mass is 16.5. The van der Waals surface area contributed by atoms with Crippen molar-refractivity contribution in [1.82, 2.24) is 15.1 Å². The van der Waals surface area contributed by atoms with Gasteiger partial charge in [-0.1, -0.05) is 6.92 Å². The summed E-state index contributed by atoms with van der Waals surface area (Å²) in [5, 5.41) is 17.5. The van der Waals surface area contributed by atoms with Gasteiger partial charge >= 0.3 is 0 Å². The summed E-state index contributed by atoms with van der Waals surface area (Å²) in [5.74, 6) is 0.833. The average molecular weight is 295 g/mol. The maximum Gasteiger partial charge on any atom is 0.0897 e. The van der Waals surface area contributed by atoms with E-state index in [0.29, 0.717) is 19.3 Å². The number of rotatable bonds is 7. The summed E-state index contributed by atoms with van der Waals surface area (Å²) in [6, 6.07) is 0. The quantitative estimate of drug-likeness (QED) is 0.805. The van der Waals surface area contributed by atoms with E-state index in [0.717, 1.165) is 31.0 Å². The first-order chi connectivity index (χ1) is 10.0. The lowest BCUT2D eigenvalue weighted by Crippen LogP contribution is -2.32. The highest BCUT2D eigenvalue weighted by Crippen LogP contribution is 2.25. The SMILES string of the molecule is Cc1nn(C)cc1CNCC(O)COC1CCC(C)CC1. The molecule has 1 aromatic rings. The van der Waals surface area contributed by atoms with E-state index in [1.807, 2.05) is 24.9 Å². The molecule has 5 heteroatoms. The van der Waals surface area contributed by atoms with E-state index in [1.54, 1.807) is 0 Å². The molecule has 21 heavy (non-hydrogen) atoms. The summed E-state index contributed by atoms with van der Waals surface area (Å²) in [6.07, 6.45) is 6.68. The van der Waals surface area contributed by atoms with Gasteiger partial charge in [0.05, 0.1) is 24.5 Å². The van der Waals surface area contributed by atoms with Crippen LogP contribution in [0.15, 0.2) is 6.20 Å². The Balaban J connectivity index is 1.59. The number of nitrogens with one attached hydrogen (secondary N) is 1. The first-order valence-electron chi connectivity index (χ1n) is 8.04. The molecule has 0 saturated heterocycles. The molecule has 0 radical (unpaired) electrons. The van der Waals surface area contributed by atoms with Crippen molar-refractivity contribution in [3.63, 3.8) is 0 Å². The van der Waals surface area contributed by atoms with Crippen LogP contribution in [0.2, 0.25) is 0 Å². The predicted octanol–water partition coefficient (Wildman–Crippen LogP) is 1.77. The van der Waals surface area contributed by atoms with Crippen molar-refractivity contribution in [2.24, 2.45) is 13.0 Å². The summed E-state index contributed by atoms with van der Waals surface area (Å²) >= 11 is 0. The van der Waals surface area contributed by atoms with E-state index in [1.165, 1.54) is 18.4 Å². The zero-order valence-corrected chi connectivity index (χ0v) is 13.5. The Labute approximate surface area is 127 Å². The number of hydrogen-bond donors (Lipinski definition) is 2. The minimum Gasteiger partial charge on any atom is -0.389 e. The zero-order chi connectivity index (χ0) is 15.2. The molecule has 0 bridgehead atoms. The van der Waals surface area contributed by atoms with Crippen LogP contribution in [-0.2, 0) is 18.3 Å².